The van der Waals surface area contributed by atoms with E-state index in [4.69, 9.17) is 0 Å². The summed E-state index contributed by atoms with van der Waals surface area (Å²) in [5.41, 5.74) is 4.06. The number of hydrazone groups is 1. The quantitative estimate of drug-likeness (QED) is 0.639. The van der Waals surface area contributed by atoms with Crippen LogP contribution in [0.3, 0.4) is 0 Å². The van der Waals surface area contributed by atoms with Crippen molar-refractivity contribution in [2.45, 2.75) is 0 Å². The summed E-state index contributed by atoms with van der Waals surface area (Å²) in [5.74, 6) is -0.202. The summed E-state index contributed by atoms with van der Waals surface area (Å²) in [7, 11) is 0. The van der Waals surface area contributed by atoms with Gasteiger partial charge in [-0.1, -0.05) is 18.2 Å². The van der Waals surface area contributed by atoms with Crippen molar-refractivity contribution in [3.05, 3.63) is 58.3 Å². The van der Waals surface area contributed by atoms with Gasteiger partial charge in [0.1, 0.15) is 0 Å². The Morgan fingerprint density at radius 2 is 2.06 bits per heavy atom. The van der Waals surface area contributed by atoms with Gasteiger partial charge in [-0.25, -0.2) is 5.43 Å². The molecule has 1 heterocycles. The van der Waals surface area contributed by atoms with Gasteiger partial charge in [-0.2, -0.15) is 16.4 Å². The molecule has 2 rings (SSSR count). The van der Waals surface area contributed by atoms with Crippen LogP contribution in [0.15, 0.2) is 52.3 Å². The predicted octanol–water partition coefficient (Wildman–Crippen LogP) is 2.51. The van der Waals surface area contributed by atoms with Crippen LogP contribution in [0.1, 0.15) is 15.9 Å². The van der Waals surface area contributed by atoms with Crippen molar-refractivity contribution in [2.24, 2.45) is 5.10 Å². The number of nitrogens with one attached hydrogen (secondary N) is 1. The lowest BCUT2D eigenvalue weighted by Gasteiger charge is -1.97. The van der Waals surface area contributed by atoms with Gasteiger partial charge in [0.2, 0.25) is 0 Å². The van der Waals surface area contributed by atoms with E-state index in [2.05, 4.69) is 10.5 Å². The van der Waals surface area contributed by atoms with Crippen LogP contribution in [0.5, 0.6) is 0 Å². The number of nitrogens with zero attached hydrogens (tertiary/aromatic N) is 1. The maximum absolute atomic E-state index is 11.6. The fourth-order valence-corrected chi connectivity index (χ4v) is 1.78. The molecule has 0 aliphatic rings. The fraction of sp³-hybridized carbons (Fsp3) is 0. The van der Waals surface area contributed by atoms with Crippen LogP contribution in [0.25, 0.3) is 0 Å². The van der Waals surface area contributed by atoms with Crippen molar-refractivity contribution in [3.63, 3.8) is 0 Å². The van der Waals surface area contributed by atoms with E-state index in [1.807, 2.05) is 35.0 Å². The molecule has 2 aromatic rings. The second-order valence-corrected chi connectivity index (χ2v) is 3.90. The number of carbonyl (C=O) groups excluding carboxylic acids is 1. The highest BCUT2D eigenvalue weighted by molar-refractivity contribution is 7.08. The molecule has 16 heavy (non-hydrogen) atoms. The zero-order chi connectivity index (χ0) is 11.2. The lowest BCUT2D eigenvalue weighted by Crippen LogP contribution is -2.17. The third kappa shape index (κ3) is 2.77. The van der Waals surface area contributed by atoms with Gasteiger partial charge in [-0.05, 0) is 29.0 Å². The van der Waals surface area contributed by atoms with Crippen LogP contribution in [0.4, 0.5) is 0 Å². The van der Waals surface area contributed by atoms with E-state index >= 15 is 0 Å². The molecule has 3 nitrogen and oxygen atoms in total. The molecule has 0 radical (unpaired) electrons. The minimum atomic E-state index is -0.202. The van der Waals surface area contributed by atoms with Crippen LogP contribution in [-0.2, 0) is 0 Å². The number of hydrogen-bond donors (Lipinski definition) is 1. The molecule has 4 heteroatoms. The highest BCUT2D eigenvalue weighted by Crippen LogP contribution is 2.02. The highest BCUT2D eigenvalue weighted by atomic mass is 32.1. The van der Waals surface area contributed by atoms with Crippen LogP contribution in [-0.4, -0.2) is 12.1 Å². The summed E-state index contributed by atoms with van der Waals surface area (Å²) in [6.07, 6.45) is 1.62. The number of benzene rings is 1. The molecule has 0 fully saturated rings. The number of amides is 1. The van der Waals surface area contributed by atoms with Crippen LogP contribution in [0.2, 0.25) is 0 Å². The first-order valence-corrected chi connectivity index (χ1v) is 5.71. The summed E-state index contributed by atoms with van der Waals surface area (Å²) < 4.78 is 0. The number of hydrogen-bond acceptors (Lipinski definition) is 3. The molecule has 0 aliphatic heterocycles. The Kier molecular flexibility index (Phi) is 3.46. The van der Waals surface area contributed by atoms with E-state index in [0.29, 0.717) is 5.56 Å². The van der Waals surface area contributed by atoms with Crippen LogP contribution in [0, 0.1) is 0 Å². The highest BCUT2D eigenvalue weighted by Gasteiger charge is 2.01. The molecule has 1 amide bonds. The summed E-state index contributed by atoms with van der Waals surface area (Å²) >= 11 is 1.59. The Balaban J connectivity index is 1.94. The minimum Gasteiger partial charge on any atom is -0.267 e. The second kappa shape index (κ2) is 5.23. The topological polar surface area (TPSA) is 41.5 Å². The van der Waals surface area contributed by atoms with Crippen molar-refractivity contribution in [3.8, 4) is 0 Å². The summed E-state index contributed by atoms with van der Waals surface area (Å²) in [4.78, 5) is 11.6. The number of thiophene rings is 1. The van der Waals surface area contributed by atoms with E-state index in [1.54, 1.807) is 29.7 Å². The molecule has 0 unspecified atom stereocenters. The molecule has 0 spiro atoms. The minimum absolute atomic E-state index is 0.202. The molecule has 0 saturated carbocycles. The Morgan fingerprint density at radius 1 is 1.25 bits per heavy atom. The van der Waals surface area contributed by atoms with Gasteiger partial charge in [0, 0.05) is 11.1 Å². The third-order valence-electron chi connectivity index (χ3n) is 1.96. The lowest BCUT2D eigenvalue weighted by molar-refractivity contribution is 0.0955. The van der Waals surface area contributed by atoms with Crippen molar-refractivity contribution in [1.82, 2.24) is 5.43 Å². The van der Waals surface area contributed by atoms with Crippen molar-refractivity contribution < 1.29 is 4.79 Å². The molecule has 1 N–H and O–H groups in total. The molecule has 0 saturated heterocycles. The van der Waals surface area contributed by atoms with Crippen molar-refractivity contribution >= 4 is 23.5 Å². The monoisotopic (exact) mass is 230 g/mol. The van der Waals surface area contributed by atoms with Crippen LogP contribution >= 0.6 is 11.3 Å². The number of rotatable bonds is 3. The summed E-state index contributed by atoms with van der Waals surface area (Å²) in [5, 5.41) is 7.79. The molecular weight excluding hydrogens is 220 g/mol. The summed E-state index contributed by atoms with van der Waals surface area (Å²) in [6, 6.07) is 10.9. The third-order valence-corrected chi connectivity index (χ3v) is 2.66. The molecule has 1 aromatic carbocycles. The smallest absolute Gasteiger partial charge is 0.267 e. The van der Waals surface area contributed by atoms with Gasteiger partial charge in [-0.15, -0.1) is 0 Å². The maximum Gasteiger partial charge on any atom is 0.271 e. The molecule has 0 aliphatic carbocycles. The molecular formula is C12H10N2OS. The Morgan fingerprint density at radius 3 is 2.75 bits per heavy atom. The normalized spacial score (nSPS) is 10.5. The average molecular weight is 230 g/mol. The van der Waals surface area contributed by atoms with E-state index in [9.17, 15) is 4.79 Å². The molecule has 0 bridgehead atoms. The van der Waals surface area contributed by atoms with E-state index in [1.165, 1.54) is 0 Å². The van der Waals surface area contributed by atoms with Gasteiger partial charge in [0.15, 0.2) is 0 Å². The first-order valence-electron chi connectivity index (χ1n) is 4.77. The molecule has 0 atom stereocenters. The SMILES string of the molecule is O=C(N/N=C\c1ccsc1)c1ccccc1. The second-order valence-electron chi connectivity index (χ2n) is 3.12. The van der Waals surface area contributed by atoms with E-state index in [-0.39, 0.29) is 5.91 Å². The van der Waals surface area contributed by atoms with Crippen molar-refractivity contribution in [2.75, 3.05) is 0 Å². The molecule has 80 valence electrons. The summed E-state index contributed by atoms with van der Waals surface area (Å²) in [6.45, 7) is 0. The average Bonchev–Trinajstić information content (AvgIpc) is 2.83. The standard InChI is InChI=1S/C12H10N2OS/c15-12(11-4-2-1-3-5-11)14-13-8-10-6-7-16-9-10/h1-9H,(H,14,15)/b13-8-. The number of carbonyl (C=O) groups is 1. The zero-order valence-corrected chi connectivity index (χ0v) is 9.28. The van der Waals surface area contributed by atoms with Gasteiger partial charge < -0.3 is 0 Å². The van der Waals surface area contributed by atoms with Gasteiger partial charge >= 0.3 is 0 Å². The van der Waals surface area contributed by atoms with E-state index in [0.717, 1.165) is 5.56 Å². The van der Waals surface area contributed by atoms with E-state index < -0.39 is 0 Å². The maximum atomic E-state index is 11.6. The van der Waals surface area contributed by atoms with Crippen LogP contribution < -0.4 is 5.43 Å². The molecule has 1 aromatic heterocycles. The largest absolute Gasteiger partial charge is 0.271 e. The van der Waals surface area contributed by atoms with Gasteiger partial charge in [-0.3, -0.25) is 4.79 Å². The van der Waals surface area contributed by atoms with Gasteiger partial charge in [0.25, 0.3) is 5.91 Å². The lowest BCUT2D eigenvalue weighted by atomic mass is 10.2. The zero-order valence-electron chi connectivity index (χ0n) is 8.46. The Hall–Kier alpha value is -1.94. The first-order chi connectivity index (χ1) is 7.86. The fourth-order valence-electron chi connectivity index (χ4n) is 1.17. The predicted molar refractivity (Wildman–Crippen MR) is 65.8 cm³/mol. The first kappa shape index (κ1) is 10.6. The Labute approximate surface area is 97.4 Å². The Bertz CT molecular complexity index is 477. The van der Waals surface area contributed by atoms with Gasteiger partial charge in [0.05, 0.1) is 6.21 Å². The van der Waals surface area contributed by atoms with Crippen molar-refractivity contribution in [1.29, 1.82) is 0 Å².